The van der Waals surface area contributed by atoms with Gasteiger partial charge in [0.25, 0.3) is 5.91 Å². The third kappa shape index (κ3) is 4.28. The molecule has 0 aromatic carbocycles. The minimum atomic E-state index is -0.756. The molecule has 8 heteroatoms. The van der Waals surface area contributed by atoms with Gasteiger partial charge in [0, 0.05) is 59.5 Å². The fourth-order valence-electron chi connectivity index (χ4n) is 4.15. The largest absolute Gasteiger partial charge is 0.386 e. The van der Waals surface area contributed by atoms with Crippen molar-refractivity contribution in [3.05, 3.63) is 65.4 Å². The third-order valence-corrected chi connectivity index (χ3v) is 6.04. The van der Waals surface area contributed by atoms with Gasteiger partial charge in [-0.3, -0.25) is 14.8 Å². The number of aryl methyl sites for hydroxylation is 1. The normalized spacial score (nSPS) is 16.6. The molecule has 1 saturated heterocycles. The number of carbonyl (C=O) groups excluding carboxylic acids is 1. The lowest BCUT2D eigenvalue weighted by molar-refractivity contribution is 0.0305. The summed E-state index contributed by atoms with van der Waals surface area (Å²) in [6, 6.07) is 9.38. The number of amides is 1. The zero-order valence-corrected chi connectivity index (χ0v) is 18.5. The highest BCUT2D eigenvalue weighted by atomic mass is 16.3. The Balaban J connectivity index is 1.39. The van der Waals surface area contributed by atoms with Crippen LogP contribution in [0, 0.1) is 18.3 Å². The van der Waals surface area contributed by atoms with E-state index >= 15 is 0 Å². The molecule has 8 nitrogen and oxygen atoms in total. The first kappa shape index (κ1) is 21.0. The first-order chi connectivity index (χ1) is 15.8. The third-order valence-electron chi connectivity index (χ3n) is 6.04. The molecule has 2 fully saturated rings. The van der Waals surface area contributed by atoms with Crippen molar-refractivity contribution in [1.29, 1.82) is 5.26 Å². The van der Waals surface area contributed by atoms with E-state index in [-0.39, 0.29) is 5.91 Å². The number of anilines is 2. The van der Waals surface area contributed by atoms with E-state index in [1.807, 2.05) is 24.0 Å². The minimum Gasteiger partial charge on any atom is -0.386 e. The molecule has 1 aliphatic heterocycles. The molecule has 5 rings (SSSR count). The van der Waals surface area contributed by atoms with Gasteiger partial charge >= 0.3 is 0 Å². The van der Waals surface area contributed by atoms with Crippen molar-refractivity contribution in [3.8, 4) is 17.2 Å². The maximum atomic E-state index is 12.8. The van der Waals surface area contributed by atoms with Gasteiger partial charge in [-0.05, 0) is 51.0 Å². The van der Waals surface area contributed by atoms with Crippen molar-refractivity contribution >= 4 is 17.4 Å². The number of aliphatic hydroxyl groups is 1. The van der Waals surface area contributed by atoms with Crippen LogP contribution in [0.3, 0.4) is 0 Å². The monoisotopic (exact) mass is 440 g/mol. The van der Waals surface area contributed by atoms with E-state index in [4.69, 9.17) is 0 Å². The van der Waals surface area contributed by atoms with Crippen LogP contribution in [0.15, 0.2) is 42.9 Å². The maximum absolute atomic E-state index is 12.8. The summed E-state index contributed by atoms with van der Waals surface area (Å²) >= 11 is 0. The lowest BCUT2D eigenvalue weighted by atomic mass is 9.96. The Kier molecular flexibility index (Phi) is 5.06. The lowest BCUT2D eigenvalue weighted by Crippen LogP contribution is -2.60. The molecule has 2 N–H and O–H groups in total. The lowest BCUT2D eigenvalue weighted by Gasteiger charge is -2.45. The smallest absolute Gasteiger partial charge is 0.255 e. The number of hydrogen-bond acceptors (Lipinski definition) is 7. The summed E-state index contributed by atoms with van der Waals surface area (Å²) in [5.74, 6) is 0.816. The highest BCUT2D eigenvalue weighted by Gasteiger charge is 2.38. The molecular weight excluding hydrogens is 416 g/mol. The van der Waals surface area contributed by atoms with Gasteiger partial charge in [-0.15, -0.1) is 0 Å². The van der Waals surface area contributed by atoms with Crippen molar-refractivity contribution in [2.45, 2.75) is 38.2 Å². The van der Waals surface area contributed by atoms with Crippen LogP contribution >= 0.6 is 0 Å². The summed E-state index contributed by atoms with van der Waals surface area (Å²) < 4.78 is 0. The molecule has 0 unspecified atom stereocenters. The second-order valence-corrected chi connectivity index (χ2v) is 9.11. The molecule has 166 valence electrons. The van der Waals surface area contributed by atoms with Crippen LogP contribution in [0.5, 0.6) is 0 Å². The summed E-state index contributed by atoms with van der Waals surface area (Å²) in [5, 5.41) is 22.6. The Hall–Kier alpha value is -3.83. The van der Waals surface area contributed by atoms with Crippen LogP contribution < -0.4 is 10.2 Å². The molecule has 0 atom stereocenters. The number of rotatable bonds is 5. The zero-order valence-electron chi connectivity index (χ0n) is 18.5. The van der Waals surface area contributed by atoms with Crippen LogP contribution in [0.2, 0.25) is 0 Å². The fourth-order valence-corrected chi connectivity index (χ4v) is 4.15. The summed E-state index contributed by atoms with van der Waals surface area (Å²) in [6.45, 7) is 4.51. The van der Waals surface area contributed by atoms with Gasteiger partial charge < -0.3 is 15.3 Å². The van der Waals surface area contributed by atoms with Crippen LogP contribution in [0.25, 0.3) is 11.1 Å². The van der Waals surface area contributed by atoms with Crippen molar-refractivity contribution in [1.82, 2.24) is 15.0 Å². The van der Waals surface area contributed by atoms with Crippen LogP contribution in [0.4, 0.5) is 11.5 Å². The quantitative estimate of drug-likeness (QED) is 0.625. The van der Waals surface area contributed by atoms with Gasteiger partial charge in [0.05, 0.1) is 23.0 Å². The van der Waals surface area contributed by atoms with Gasteiger partial charge in [-0.2, -0.15) is 5.26 Å². The highest BCUT2D eigenvalue weighted by molar-refractivity contribution is 6.04. The molecule has 0 bridgehead atoms. The number of pyridine rings is 3. The molecular formula is C25H24N6O2. The van der Waals surface area contributed by atoms with Gasteiger partial charge in [0.2, 0.25) is 0 Å². The fraction of sp³-hybridized carbons (Fsp3) is 0.320. The summed E-state index contributed by atoms with van der Waals surface area (Å²) in [7, 11) is 0. The van der Waals surface area contributed by atoms with Crippen LogP contribution in [0.1, 0.15) is 53.0 Å². The molecule has 0 spiro atoms. The molecule has 1 amide bonds. The SMILES string of the molecule is Cc1ncc(NC(=O)c2ccnc(C3CC3)c2)cc1-c1cnc(N2CC(C)(O)C2)c(C#N)c1. The first-order valence-electron chi connectivity index (χ1n) is 10.9. The number of hydrogen-bond donors (Lipinski definition) is 2. The molecule has 3 aromatic rings. The number of nitrogens with one attached hydrogen (secondary N) is 1. The standard InChI is InChI=1S/C25H24N6O2/c1-15-21(19-7-18(10-26)23(29-11-19)31-13-25(2,33)14-31)9-20(12-28-15)30-24(32)17-5-6-27-22(8-17)16-3-4-16/h5-9,11-12,16,33H,3-4,13-14H2,1-2H3,(H,30,32). The number of carbonyl (C=O) groups is 1. The van der Waals surface area contributed by atoms with E-state index in [0.717, 1.165) is 35.4 Å². The number of aromatic nitrogens is 3. The molecule has 1 aliphatic carbocycles. The topological polar surface area (TPSA) is 115 Å². The summed E-state index contributed by atoms with van der Waals surface area (Å²) in [4.78, 5) is 28.0. The van der Waals surface area contributed by atoms with E-state index < -0.39 is 5.60 Å². The maximum Gasteiger partial charge on any atom is 0.255 e. The summed E-state index contributed by atoms with van der Waals surface area (Å²) in [5.41, 5.74) is 4.05. The van der Waals surface area contributed by atoms with Crippen molar-refractivity contribution in [2.75, 3.05) is 23.3 Å². The highest BCUT2D eigenvalue weighted by Crippen LogP contribution is 2.39. The Morgan fingerprint density at radius 1 is 1.21 bits per heavy atom. The number of β-amino-alcohol motifs (C(OH)–C–C–N with tert-alkyl or cyclic N) is 1. The van der Waals surface area contributed by atoms with E-state index in [1.54, 1.807) is 37.6 Å². The molecule has 33 heavy (non-hydrogen) atoms. The average molecular weight is 441 g/mol. The average Bonchev–Trinajstić information content (AvgIpc) is 3.64. The van der Waals surface area contributed by atoms with Gasteiger partial charge in [-0.1, -0.05) is 0 Å². The molecule has 2 aliphatic rings. The minimum absolute atomic E-state index is 0.216. The zero-order chi connectivity index (χ0) is 23.2. The van der Waals surface area contributed by atoms with Crippen LogP contribution in [-0.4, -0.2) is 44.7 Å². The Labute approximate surface area is 192 Å². The van der Waals surface area contributed by atoms with Gasteiger partial charge in [0.1, 0.15) is 11.9 Å². The van der Waals surface area contributed by atoms with Crippen molar-refractivity contribution in [2.24, 2.45) is 0 Å². The predicted octanol–water partition coefficient (Wildman–Crippen LogP) is 3.42. The Bertz CT molecular complexity index is 1280. The van der Waals surface area contributed by atoms with Crippen LogP contribution in [-0.2, 0) is 0 Å². The predicted molar refractivity (Wildman–Crippen MR) is 124 cm³/mol. The van der Waals surface area contributed by atoms with Crippen molar-refractivity contribution < 1.29 is 9.90 Å². The number of nitriles is 1. The second kappa shape index (κ2) is 7.94. The molecule has 4 heterocycles. The number of nitrogens with zero attached hydrogens (tertiary/aromatic N) is 5. The Morgan fingerprint density at radius 2 is 2.00 bits per heavy atom. The Morgan fingerprint density at radius 3 is 2.70 bits per heavy atom. The second-order valence-electron chi connectivity index (χ2n) is 9.11. The van der Waals surface area contributed by atoms with Gasteiger partial charge in [-0.25, -0.2) is 4.98 Å². The van der Waals surface area contributed by atoms with E-state index in [2.05, 4.69) is 26.3 Å². The van der Waals surface area contributed by atoms with E-state index in [0.29, 0.717) is 41.6 Å². The molecule has 0 radical (unpaired) electrons. The first-order valence-corrected chi connectivity index (χ1v) is 10.9. The molecule has 1 saturated carbocycles. The summed E-state index contributed by atoms with van der Waals surface area (Å²) in [6.07, 6.45) is 7.24. The van der Waals surface area contributed by atoms with E-state index in [9.17, 15) is 15.2 Å². The van der Waals surface area contributed by atoms with E-state index in [1.165, 1.54) is 0 Å². The van der Waals surface area contributed by atoms with Crippen molar-refractivity contribution in [3.63, 3.8) is 0 Å². The van der Waals surface area contributed by atoms with Gasteiger partial charge in [0.15, 0.2) is 0 Å². The molecule has 3 aromatic heterocycles.